The average Bonchev–Trinajstić information content (AvgIpc) is 3.10. The number of amides is 1. The van der Waals surface area contributed by atoms with Gasteiger partial charge in [-0.25, -0.2) is 0 Å². The van der Waals surface area contributed by atoms with E-state index in [-0.39, 0.29) is 11.7 Å². The molecule has 1 N–H and O–H groups in total. The number of nitrogens with one attached hydrogen (secondary N) is 1. The predicted molar refractivity (Wildman–Crippen MR) is 82.5 cm³/mol. The van der Waals surface area contributed by atoms with Gasteiger partial charge in [0.25, 0.3) is 0 Å². The number of carbonyl (C=O) groups is 1. The summed E-state index contributed by atoms with van der Waals surface area (Å²) in [6.45, 7) is 3.26. The van der Waals surface area contributed by atoms with E-state index in [0.717, 1.165) is 25.3 Å². The normalized spacial score (nSPS) is 33.9. The van der Waals surface area contributed by atoms with Crippen LogP contribution in [0, 0.1) is 11.8 Å². The van der Waals surface area contributed by atoms with Gasteiger partial charge in [0.15, 0.2) is 0 Å². The first-order valence-corrected chi connectivity index (χ1v) is 8.32. The number of rotatable bonds is 3. The Morgan fingerprint density at radius 1 is 1.24 bits per heavy atom. The molecule has 1 amide bonds. The number of carbonyl (C=O) groups excluding carboxylic acids is 1. The minimum atomic E-state index is -0.218. The lowest BCUT2D eigenvalue weighted by Gasteiger charge is -2.27. The minimum absolute atomic E-state index is 0.0807. The Bertz CT molecular complexity index is 537. The van der Waals surface area contributed by atoms with Gasteiger partial charge < -0.3 is 4.90 Å². The van der Waals surface area contributed by atoms with E-state index in [1.807, 2.05) is 6.07 Å². The standard InChI is InChI=1S/C18H24N2O/c1-13-7-8-14(11-13)12-20-16(15-5-3-2-4-6-15)19-18(9-10-18)17(20)21/h2-6,13-14,16,19H,7-12H2,1H3. The number of nitrogens with zero attached hydrogens (tertiary/aromatic N) is 1. The van der Waals surface area contributed by atoms with Crippen molar-refractivity contribution in [3.63, 3.8) is 0 Å². The minimum Gasteiger partial charge on any atom is -0.321 e. The summed E-state index contributed by atoms with van der Waals surface area (Å²) in [5.74, 6) is 1.85. The Kier molecular flexibility index (Phi) is 3.07. The Morgan fingerprint density at radius 2 is 2.00 bits per heavy atom. The molecule has 4 rings (SSSR count). The molecule has 21 heavy (non-hydrogen) atoms. The van der Waals surface area contributed by atoms with Crippen molar-refractivity contribution in [3.8, 4) is 0 Å². The van der Waals surface area contributed by atoms with Gasteiger partial charge in [0.05, 0.1) is 0 Å². The SMILES string of the molecule is CC1CCC(CN2C(=O)C3(CC3)NC2c2ccccc2)C1. The van der Waals surface area contributed by atoms with Crippen LogP contribution in [0.25, 0.3) is 0 Å². The molecule has 0 aromatic heterocycles. The Labute approximate surface area is 126 Å². The van der Waals surface area contributed by atoms with Gasteiger partial charge in [-0.15, -0.1) is 0 Å². The van der Waals surface area contributed by atoms with Crippen molar-refractivity contribution in [2.45, 2.75) is 50.7 Å². The van der Waals surface area contributed by atoms with Crippen LogP contribution in [0.15, 0.2) is 30.3 Å². The highest BCUT2D eigenvalue weighted by Gasteiger charge is 2.59. The zero-order chi connectivity index (χ0) is 14.4. The van der Waals surface area contributed by atoms with E-state index in [1.54, 1.807) is 0 Å². The van der Waals surface area contributed by atoms with Crippen LogP contribution in [-0.2, 0) is 4.79 Å². The summed E-state index contributed by atoms with van der Waals surface area (Å²) in [5.41, 5.74) is 1.01. The topological polar surface area (TPSA) is 32.3 Å². The van der Waals surface area contributed by atoms with Crippen molar-refractivity contribution in [1.82, 2.24) is 10.2 Å². The van der Waals surface area contributed by atoms with E-state index >= 15 is 0 Å². The second kappa shape index (κ2) is 4.84. The third-order valence-electron chi connectivity index (χ3n) is 5.52. The van der Waals surface area contributed by atoms with E-state index in [0.29, 0.717) is 11.8 Å². The summed E-state index contributed by atoms with van der Waals surface area (Å²) >= 11 is 0. The first-order valence-electron chi connectivity index (χ1n) is 8.32. The van der Waals surface area contributed by atoms with Gasteiger partial charge in [-0.3, -0.25) is 10.1 Å². The highest BCUT2D eigenvalue weighted by atomic mass is 16.2. The van der Waals surface area contributed by atoms with Gasteiger partial charge in [-0.1, -0.05) is 43.7 Å². The van der Waals surface area contributed by atoms with Gasteiger partial charge in [-0.2, -0.15) is 0 Å². The molecule has 3 fully saturated rings. The lowest BCUT2D eigenvalue weighted by molar-refractivity contribution is -0.131. The molecule has 3 aliphatic rings. The van der Waals surface area contributed by atoms with E-state index < -0.39 is 0 Å². The first kappa shape index (κ1) is 13.3. The molecule has 1 aromatic rings. The van der Waals surface area contributed by atoms with Crippen LogP contribution in [-0.4, -0.2) is 22.9 Å². The van der Waals surface area contributed by atoms with Crippen LogP contribution in [0.1, 0.15) is 50.8 Å². The number of hydrogen-bond acceptors (Lipinski definition) is 2. The van der Waals surface area contributed by atoms with Crippen molar-refractivity contribution in [2.75, 3.05) is 6.54 Å². The summed E-state index contributed by atoms with van der Waals surface area (Å²) in [4.78, 5) is 14.9. The van der Waals surface area contributed by atoms with Crippen LogP contribution >= 0.6 is 0 Å². The maximum Gasteiger partial charge on any atom is 0.244 e. The second-order valence-electron chi connectivity index (χ2n) is 7.28. The summed E-state index contributed by atoms with van der Waals surface area (Å²) in [7, 11) is 0. The molecular formula is C18H24N2O. The Morgan fingerprint density at radius 3 is 2.62 bits per heavy atom. The molecule has 3 heteroatoms. The second-order valence-corrected chi connectivity index (χ2v) is 7.28. The molecule has 1 heterocycles. The van der Waals surface area contributed by atoms with Crippen LogP contribution in [0.3, 0.4) is 0 Å². The summed E-state index contributed by atoms with van der Waals surface area (Å²) in [5, 5.41) is 3.62. The molecule has 1 aliphatic heterocycles. The highest BCUT2D eigenvalue weighted by molar-refractivity contribution is 5.92. The third kappa shape index (κ3) is 2.28. The molecule has 3 nitrogen and oxygen atoms in total. The molecule has 0 radical (unpaired) electrons. The van der Waals surface area contributed by atoms with Gasteiger partial charge in [0.1, 0.15) is 11.7 Å². The predicted octanol–water partition coefficient (Wildman–Crippen LogP) is 3.09. The summed E-state index contributed by atoms with van der Waals surface area (Å²) < 4.78 is 0. The monoisotopic (exact) mass is 284 g/mol. The lowest BCUT2D eigenvalue weighted by Crippen LogP contribution is -2.35. The molecule has 0 bridgehead atoms. The molecule has 1 aromatic carbocycles. The molecule has 112 valence electrons. The zero-order valence-corrected chi connectivity index (χ0v) is 12.7. The van der Waals surface area contributed by atoms with Crippen molar-refractivity contribution in [1.29, 1.82) is 0 Å². The largest absolute Gasteiger partial charge is 0.321 e. The quantitative estimate of drug-likeness (QED) is 0.925. The van der Waals surface area contributed by atoms with Gasteiger partial charge in [0, 0.05) is 6.54 Å². The van der Waals surface area contributed by atoms with E-state index in [4.69, 9.17) is 0 Å². The highest BCUT2D eigenvalue weighted by Crippen LogP contribution is 2.46. The summed E-state index contributed by atoms with van der Waals surface area (Å²) in [6, 6.07) is 10.4. The fourth-order valence-corrected chi connectivity index (χ4v) is 4.13. The van der Waals surface area contributed by atoms with Gasteiger partial charge in [0.2, 0.25) is 5.91 Å². The van der Waals surface area contributed by atoms with Crippen molar-refractivity contribution in [2.24, 2.45) is 11.8 Å². The van der Waals surface area contributed by atoms with Crippen molar-refractivity contribution < 1.29 is 4.79 Å². The zero-order valence-electron chi connectivity index (χ0n) is 12.7. The maximum absolute atomic E-state index is 12.8. The first-order chi connectivity index (χ1) is 10.2. The van der Waals surface area contributed by atoms with Gasteiger partial charge >= 0.3 is 0 Å². The Hall–Kier alpha value is -1.35. The molecule has 3 unspecified atom stereocenters. The molecule has 1 saturated heterocycles. The average molecular weight is 284 g/mol. The fourth-order valence-electron chi connectivity index (χ4n) is 4.13. The molecule has 3 atom stereocenters. The van der Waals surface area contributed by atoms with Crippen LogP contribution in [0.2, 0.25) is 0 Å². The smallest absolute Gasteiger partial charge is 0.244 e. The molecule has 1 spiro atoms. The third-order valence-corrected chi connectivity index (χ3v) is 5.52. The van der Waals surface area contributed by atoms with Crippen molar-refractivity contribution >= 4 is 5.91 Å². The maximum atomic E-state index is 12.8. The lowest BCUT2D eigenvalue weighted by atomic mass is 10.0. The van der Waals surface area contributed by atoms with Crippen LogP contribution in [0.4, 0.5) is 0 Å². The van der Waals surface area contributed by atoms with Gasteiger partial charge in [-0.05, 0) is 43.1 Å². The van der Waals surface area contributed by atoms with Crippen LogP contribution in [0.5, 0.6) is 0 Å². The van der Waals surface area contributed by atoms with Crippen LogP contribution < -0.4 is 5.32 Å². The van der Waals surface area contributed by atoms with E-state index in [1.165, 1.54) is 24.8 Å². The van der Waals surface area contributed by atoms with E-state index in [2.05, 4.69) is 41.4 Å². The Balaban J connectivity index is 1.57. The number of hydrogen-bond donors (Lipinski definition) is 1. The summed E-state index contributed by atoms with van der Waals surface area (Å²) in [6.07, 6.45) is 5.97. The number of benzene rings is 1. The molecular weight excluding hydrogens is 260 g/mol. The molecule has 2 saturated carbocycles. The van der Waals surface area contributed by atoms with Crippen molar-refractivity contribution in [3.05, 3.63) is 35.9 Å². The van der Waals surface area contributed by atoms with E-state index in [9.17, 15) is 4.79 Å². The fraction of sp³-hybridized carbons (Fsp3) is 0.611. The molecule has 2 aliphatic carbocycles.